The minimum atomic E-state index is -0.698. The van der Waals surface area contributed by atoms with Gasteiger partial charge < -0.3 is 9.47 Å². The third-order valence-corrected chi connectivity index (χ3v) is 3.83. The van der Waals surface area contributed by atoms with E-state index in [1.54, 1.807) is 18.2 Å². The maximum Gasteiger partial charge on any atom is 0.343 e. The highest BCUT2D eigenvalue weighted by Crippen LogP contribution is 2.28. The lowest BCUT2D eigenvalue weighted by Gasteiger charge is -2.06. The number of aliphatic imine (C=N–C) groups is 1. The fourth-order valence-corrected chi connectivity index (χ4v) is 2.39. The molecule has 3 rings (SSSR count). The molecule has 0 unspecified atom stereocenters. The van der Waals surface area contributed by atoms with Gasteiger partial charge in [-0.3, -0.25) is 15.1 Å². The van der Waals surface area contributed by atoms with Gasteiger partial charge in [-0.15, -0.1) is 0 Å². The van der Waals surface area contributed by atoms with Gasteiger partial charge in [0.2, 0.25) is 5.75 Å². The first kappa shape index (κ1) is 18.8. The SMILES string of the molecule is COc1ccc(C(=O)Oc2ccc(C=Nc3ccccc3)cc2[N+](=O)[O-])cc1. The Morgan fingerprint density at radius 2 is 1.75 bits per heavy atom. The van der Waals surface area contributed by atoms with Crippen molar-refractivity contribution in [2.75, 3.05) is 7.11 Å². The summed E-state index contributed by atoms with van der Waals surface area (Å²) in [5.74, 6) is -0.247. The van der Waals surface area contributed by atoms with Gasteiger partial charge in [-0.25, -0.2) is 4.79 Å². The van der Waals surface area contributed by atoms with Crippen LogP contribution in [0.5, 0.6) is 11.5 Å². The standard InChI is InChI=1S/C21H16N2O5/c1-27-18-10-8-16(9-11-18)21(24)28-20-12-7-15(13-19(20)23(25)26)14-22-17-5-3-2-4-6-17/h2-14H,1H3. The molecular formula is C21H16N2O5. The van der Waals surface area contributed by atoms with Crippen LogP contribution >= 0.6 is 0 Å². The van der Waals surface area contributed by atoms with Crippen molar-refractivity contribution in [1.29, 1.82) is 0 Å². The second-order valence-electron chi connectivity index (χ2n) is 5.70. The van der Waals surface area contributed by atoms with Crippen LogP contribution in [-0.2, 0) is 0 Å². The molecule has 0 fully saturated rings. The van der Waals surface area contributed by atoms with Crippen LogP contribution < -0.4 is 9.47 Å². The van der Waals surface area contributed by atoms with E-state index < -0.39 is 10.9 Å². The number of methoxy groups -OCH3 is 1. The predicted octanol–water partition coefficient (Wildman–Crippen LogP) is 4.57. The van der Waals surface area contributed by atoms with Gasteiger partial charge in [-0.05, 0) is 54.1 Å². The maximum atomic E-state index is 12.3. The number of carbonyl (C=O) groups excluding carboxylic acids is 1. The Labute approximate surface area is 161 Å². The van der Waals surface area contributed by atoms with Crippen LogP contribution in [0.4, 0.5) is 11.4 Å². The average Bonchev–Trinajstić information content (AvgIpc) is 2.73. The molecule has 0 aliphatic heterocycles. The Morgan fingerprint density at radius 1 is 1.04 bits per heavy atom. The van der Waals surface area contributed by atoms with Crippen molar-refractivity contribution in [3.63, 3.8) is 0 Å². The van der Waals surface area contributed by atoms with E-state index in [4.69, 9.17) is 9.47 Å². The summed E-state index contributed by atoms with van der Waals surface area (Å²) in [6, 6.07) is 19.7. The van der Waals surface area contributed by atoms with Gasteiger partial charge >= 0.3 is 11.7 Å². The van der Waals surface area contributed by atoms with E-state index in [9.17, 15) is 14.9 Å². The Bertz CT molecular complexity index is 1010. The second-order valence-corrected chi connectivity index (χ2v) is 5.70. The third kappa shape index (κ3) is 4.59. The van der Waals surface area contributed by atoms with Crippen LogP contribution in [0.1, 0.15) is 15.9 Å². The molecule has 0 radical (unpaired) electrons. The fraction of sp³-hybridized carbons (Fsp3) is 0.0476. The zero-order valence-corrected chi connectivity index (χ0v) is 14.9. The Hall–Kier alpha value is -4.00. The summed E-state index contributed by atoms with van der Waals surface area (Å²) in [7, 11) is 1.51. The molecule has 140 valence electrons. The topological polar surface area (TPSA) is 91.0 Å². The summed E-state index contributed by atoms with van der Waals surface area (Å²) in [5.41, 5.74) is 1.17. The molecule has 0 aromatic heterocycles. The van der Waals surface area contributed by atoms with E-state index in [2.05, 4.69) is 4.99 Å². The van der Waals surface area contributed by atoms with Crippen molar-refractivity contribution in [2.24, 2.45) is 4.99 Å². The van der Waals surface area contributed by atoms with Crippen LogP contribution in [0.25, 0.3) is 0 Å². The van der Waals surface area contributed by atoms with Gasteiger partial charge in [-0.2, -0.15) is 0 Å². The molecule has 7 heteroatoms. The largest absolute Gasteiger partial charge is 0.497 e. The van der Waals surface area contributed by atoms with Crippen molar-refractivity contribution in [2.45, 2.75) is 0 Å². The van der Waals surface area contributed by atoms with Crippen molar-refractivity contribution < 1.29 is 19.2 Å². The molecular weight excluding hydrogens is 360 g/mol. The van der Waals surface area contributed by atoms with Gasteiger partial charge in [0.05, 0.1) is 23.3 Å². The minimum Gasteiger partial charge on any atom is -0.497 e. The summed E-state index contributed by atoms with van der Waals surface area (Å²) in [5, 5.41) is 11.4. The molecule has 0 amide bonds. The van der Waals surface area contributed by atoms with Gasteiger partial charge in [0.25, 0.3) is 0 Å². The zero-order chi connectivity index (χ0) is 19.9. The molecule has 0 aliphatic rings. The number of esters is 1. The number of ether oxygens (including phenoxy) is 2. The summed E-state index contributed by atoms with van der Waals surface area (Å²) in [4.78, 5) is 27.3. The fourth-order valence-electron chi connectivity index (χ4n) is 2.39. The number of rotatable bonds is 6. The van der Waals surface area contributed by atoms with E-state index in [1.807, 2.05) is 30.3 Å². The lowest BCUT2D eigenvalue weighted by Crippen LogP contribution is -2.10. The van der Waals surface area contributed by atoms with Crippen molar-refractivity contribution in [3.8, 4) is 11.5 Å². The monoisotopic (exact) mass is 376 g/mol. The Kier molecular flexibility index (Phi) is 5.76. The molecule has 0 saturated carbocycles. The Balaban J connectivity index is 1.81. The van der Waals surface area contributed by atoms with Gasteiger partial charge in [0.1, 0.15) is 5.75 Å². The summed E-state index contributed by atoms with van der Waals surface area (Å²) in [6.07, 6.45) is 1.51. The molecule has 0 atom stereocenters. The molecule has 3 aromatic carbocycles. The van der Waals surface area contributed by atoms with Gasteiger partial charge in [-0.1, -0.05) is 18.2 Å². The molecule has 7 nitrogen and oxygen atoms in total. The number of hydrogen-bond donors (Lipinski definition) is 0. The van der Waals surface area contributed by atoms with Crippen LogP contribution in [-0.4, -0.2) is 24.2 Å². The third-order valence-electron chi connectivity index (χ3n) is 3.83. The molecule has 28 heavy (non-hydrogen) atoms. The smallest absolute Gasteiger partial charge is 0.343 e. The minimum absolute atomic E-state index is 0.136. The van der Waals surface area contributed by atoms with Gasteiger partial charge in [0, 0.05) is 12.3 Å². The van der Waals surface area contributed by atoms with Crippen molar-refractivity contribution in [3.05, 3.63) is 94.0 Å². The quantitative estimate of drug-likeness (QED) is 0.207. The normalized spacial score (nSPS) is 10.6. The molecule has 0 heterocycles. The molecule has 0 saturated heterocycles. The number of benzene rings is 3. The van der Waals surface area contributed by atoms with E-state index in [0.29, 0.717) is 11.3 Å². The van der Waals surface area contributed by atoms with Crippen LogP contribution in [0.3, 0.4) is 0 Å². The number of nitrogens with zero attached hydrogens (tertiary/aromatic N) is 2. The summed E-state index contributed by atoms with van der Waals surface area (Å²) < 4.78 is 10.3. The number of carbonyl (C=O) groups is 1. The zero-order valence-electron chi connectivity index (χ0n) is 14.9. The lowest BCUT2D eigenvalue weighted by molar-refractivity contribution is -0.385. The van der Waals surface area contributed by atoms with Crippen LogP contribution in [0.15, 0.2) is 77.8 Å². The molecule has 0 aliphatic carbocycles. The first-order valence-corrected chi connectivity index (χ1v) is 8.30. The molecule has 3 aromatic rings. The Morgan fingerprint density at radius 3 is 2.39 bits per heavy atom. The lowest BCUT2D eigenvalue weighted by atomic mass is 10.2. The van der Waals surface area contributed by atoms with E-state index in [0.717, 1.165) is 5.69 Å². The van der Waals surface area contributed by atoms with E-state index >= 15 is 0 Å². The van der Waals surface area contributed by atoms with Crippen molar-refractivity contribution >= 4 is 23.6 Å². The van der Waals surface area contributed by atoms with Gasteiger partial charge in [0.15, 0.2) is 0 Å². The maximum absolute atomic E-state index is 12.3. The highest BCUT2D eigenvalue weighted by atomic mass is 16.6. The number of nitro groups is 1. The molecule has 0 N–H and O–H groups in total. The summed E-state index contributed by atoms with van der Waals surface area (Å²) >= 11 is 0. The highest BCUT2D eigenvalue weighted by molar-refractivity contribution is 5.92. The average molecular weight is 376 g/mol. The number of nitro benzene ring substituents is 1. The molecule has 0 bridgehead atoms. The first-order chi connectivity index (χ1) is 13.6. The number of hydrogen-bond acceptors (Lipinski definition) is 6. The second kappa shape index (κ2) is 8.59. The molecule has 0 spiro atoms. The van der Waals surface area contributed by atoms with Crippen molar-refractivity contribution in [1.82, 2.24) is 0 Å². The van der Waals surface area contributed by atoms with E-state index in [1.165, 1.54) is 37.6 Å². The number of para-hydroxylation sites is 1. The van der Waals surface area contributed by atoms with E-state index in [-0.39, 0.29) is 17.0 Å². The van der Waals surface area contributed by atoms with Crippen LogP contribution in [0.2, 0.25) is 0 Å². The predicted molar refractivity (Wildman–Crippen MR) is 105 cm³/mol. The highest BCUT2D eigenvalue weighted by Gasteiger charge is 2.19. The first-order valence-electron chi connectivity index (χ1n) is 8.30. The van der Waals surface area contributed by atoms with Crippen LogP contribution in [0, 0.1) is 10.1 Å². The summed E-state index contributed by atoms with van der Waals surface area (Å²) in [6.45, 7) is 0.